The molecule has 7 nitrogen and oxygen atoms in total. The molecule has 2 N–H and O–H groups in total. The van der Waals surface area contributed by atoms with Gasteiger partial charge in [0.05, 0.1) is 7.11 Å². The van der Waals surface area contributed by atoms with Crippen LogP contribution in [-0.2, 0) is 16.1 Å². The molecule has 1 heterocycles. The average molecular weight is 263 g/mol. The Balaban J connectivity index is 2.06. The van der Waals surface area contributed by atoms with Gasteiger partial charge >= 0.3 is 5.97 Å². The number of esters is 1. The highest BCUT2D eigenvalue weighted by Crippen LogP contribution is 2.21. The molecule has 1 aromatic heterocycles. The first-order chi connectivity index (χ1) is 9.22. The number of methoxy groups -OCH3 is 1. The van der Waals surface area contributed by atoms with Crippen LogP contribution >= 0.6 is 0 Å². The van der Waals surface area contributed by atoms with Gasteiger partial charge in [-0.15, -0.1) is 0 Å². The molecule has 2 rings (SSSR count). The molecule has 0 aliphatic carbocycles. The van der Waals surface area contributed by atoms with Crippen molar-refractivity contribution in [3.05, 3.63) is 41.6 Å². The molecular weight excluding hydrogens is 250 g/mol. The van der Waals surface area contributed by atoms with Gasteiger partial charge in [-0.1, -0.05) is 30.3 Å². The number of nitrogens with two attached hydrogens (primary N) is 1. The van der Waals surface area contributed by atoms with Crippen molar-refractivity contribution in [2.75, 3.05) is 7.11 Å². The number of rotatable bonds is 5. The maximum Gasteiger partial charge on any atom is 0.329 e. The van der Waals surface area contributed by atoms with E-state index in [0.29, 0.717) is 0 Å². The van der Waals surface area contributed by atoms with E-state index in [-0.39, 0.29) is 18.2 Å². The van der Waals surface area contributed by atoms with Crippen LogP contribution in [0, 0.1) is 0 Å². The Bertz CT molecular complexity index is 541. The van der Waals surface area contributed by atoms with E-state index in [1.807, 2.05) is 30.3 Å². The first-order valence-electron chi connectivity index (χ1n) is 5.55. The minimum Gasteiger partial charge on any atom is -0.469 e. The molecule has 0 fully saturated rings. The van der Waals surface area contributed by atoms with Crippen molar-refractivity contribution in [1.82, 2.24) is 10.3 Å². The lowest BCUT2D eigenvalue weighted by atomic mass is 10.2. The van der Waals surface area contributed by atoms with Gasteiger partial charge in [0.25, 0.3) is 5.88 Å². The second kappa shape index (κ2) is 5.96. The summed E-state index contributed by atoms with van der Waals surface area (Å²) in [6.45, 7) is 0.274. The monoisotopic (exact) mass is 263 g/mol. The van der Waals surface area contributed by atoms with Crippen molar-refractivity contribution in [3.8, 4) is 5.88 Å². The number of aromatic nitrogens is 2. The van der Waals surface area contributed by atoms with Crippen LogP contribution in [0.1, 0.15) is 17.3 Å². The zero-order valence-electron chi connectivity index (χ0n) is 10.3. The standard InChI is InChI=1S/C12H13N3O4/c1-17-12(16)9(13)10-11(15-19-14-10)18-7-8-5-3-2-4-6-8/h2-6,9H,7,13H2,1H3. The Morgan fingerprint density at radius 1 is 1.37 bits per heavy atom. The minimum absolute atomic E-state index is 0.0850. The Labute approximate surface area is 109 Å². The molecule has 1 aromatic carbocycles. The SMILES string of the molecule is COC(=O)C(N)c1nonc1OCc1ccccc1. The normalized spacial score (nSPS) is 11.9. The summed E-state index contributed by atoms with van der Waals surface area (Å²) >= 11 is 0. The average Bonchev–Trinajstić information content (AvgIpc) is 2.93. The Hall–Kier alpha value is -2.41. The van der Waals surface area contributed by atoms with Crippen LogP contribution in [0.3, 0.4) is 0 Å². The Morgan fingerprint density at radius 3 is 2.79 bits per heavy atom. The fraction of sp³-hybridized carbons (Fsp3) is 0.250. The molecule has 0 aliphatic rings. The van der Waals surface area contributed by atoms with Gasteiger partial charge in [0.15, 0.2) is 11.7 Å². The summed E-state index contributed by atoms with van der Waals surface area (Å²) in [6, 6.07) is 8.39. The van der Waals surface area contributed by atoms with Crippen LogP contribution in [0.5, 0.6) is 5.88 Å². The van der Waals surface area contributed by atoms with Crippen LogP contribution in [0.15, 0.2) is 35.0 Å². The molecule has 2 aromatic rings. The maximum absolute atomic E-state index is 11.3. The fourth-order valence-electron chi connectivity index (χ4n) is 1.44. The highest BCUT2D eigenvalue weighted by molar-refractivity contribution is 5.77. The molecule has 0 saturated carbocycles. The predicted molar refractivity (Wildman–Crippen MR) is 64.0 cm³/mol. The summed E-state index contributed by atoms with van der Waals surface area (Å²) in [6.07, 6.45) is 0. The molecule has 0 saturated heterocycles. The van der Waals surface area contributed by atoms with E-state index in [2.05, 4.69) is 19.7 Å². The fourth-order valence-corrected chi connectivity index (χ4v) is 1.44. The van der Waals surface area contributed by atoms with E-state index in [1.54, 1.807) is 0 Å². The third kappa shape index (κ3) is 3.08. The van der Waals surface area contributed by atoms with Crippen molar-refractivity contribution in [2.24, 2.45) is 5.73 Å². The first-order valence-corrected chi connectivity index (χ1v) is 5.55. The van der Waals surface area contributed by atoms with Gasteiger partial charge in [-0.3, -0.25) is 0 Å². The van der Waals surface area contributed by atoms with E-state index in [9.17, 15) is 4.79 Å². The molecule has 0 spiro atoms. The molecule has 100 valence electrons. The second-order valence-corrected chi connectivity index (χ2v) is 3.73. The Morgan fingerprint density at radius 2 is 2.11 bits per heavy atom. The molecule has 1 atom stereocenters. The quantitative estimate of drug-likeness (QED) is 0.797. The number of benzene rings is 1. The lowest BCUT2D eigenvalue weighted by molar-refractivity contribution is -0.142. The van der Waals surface area contributed by atoms with Gasteiger partial charge < -0.3 is 15.2 Å². The largest absolute Gasteiger partial charge is 0.469 e. The molecule has 0 radical (unpaired) electrons. The molecule has 0 bridgehead atoms. The molecule has 7 heteroatoms. The van der Waals surface area contributed by atoms with Gasteiger partial charge in [0.1, 0.15) is 6.61 Å². The van der Waals surface area contributed by atoms with Crippen molar-refractivity contribution >= 4 is 5.97 Å². The van der Waals surface area contributed by atoms with Crippen LogP contribution in [-0.4, -0.2) is 23.4 Å². The summed E-state index contributed by atoms with van der Waals surface area (Å²) in [5.74, 6) is -0.554. The number of carbonyl (C=O) groups is 1. The summed E-state index contributed by atoms with van der Waals surface area (Å²) in [5.41, 5.74) is 6.71. The van der Waals surface area contributed by atoms with E-state index >= 15 is 0 Å². The van der Waals surface area contributed by atoms with E-state index in [1.165, 1.54) is 7.11 Å². The molecule has 0 aliphatic heterocycles. The zero-order chi connectivity index (χ0) is 13.7. The zero-order valence-corrected chi connectivity index (χ0v) is 10.3. The minimum atomic E-state index is -1.08. The summed E-state index contributed by atoms with van der Waals surface area (Å²) in [4.78, 5) is 11.3. The summed E-state index contributed by atoms with van der Waals surface area (Å²) in [7, 11) is 1.24. The molecule has 0 amide bonds. The van der Waals surface area contributed by atoms with Crippen molar-refractivity contribution in [3.63, 3.8) is 0 Å². The third-order valence-electron chi connectivity index (χ3n) is 2.45. The van der Waals surface area contributed by atoms with E-state index in [4.69, 9.17) is 10.5 Å². The van der Waals surface area contributed by atoms with Gasteiger partial charge in [-0.05, 0) is 15.9 Å². The third-order valence-corrected chi connectivity index (χ3v) is 2.45. The Kier molecular flexibility index (Phi) is 4.09. The number of nitrogens with zero attached hydrogens (tertiary/aromatic N) is 2. The summed E-state index contributed by atoms with van der Waals surface area (Å²) < 4.78 is 14.5. The highest BCUT2D eigenvalue weighted by atomic mass is 16.6. The molecular formula is C12H13N3O4. The van der Waals surface area contributed by atoms with E-state index < -0.39 is 12.0 Å². The lowest BCUT2D eigenvalue weighted by Crippen LogP contribution is -2.23. The summed E-state index contributed by atoms with van der Waals surface area (Å²) in [5, 5.41) is 7.13. The van der Waals surface area contributed by atoms with Gasteiger partial charge in [-0.2, -0.15) is 0 Å². The van der Waals surface area contributed by atoms with E-state index in [0.717, 1.165) is 5.56 Å². The van der Waals surface area contributed by atoms with Gasteiger partial charge in [0, 0.05) is 0 Å². The number of ether oxygens (including phenoxy) is 2. The molecule has 1 unspecified atom stereocenters. The van der Waals surface area contributed by atoms with Crippen LogP contribution in [0.25, 0.3) is 0 Å². The van der Waals surface area contributed by atoms with Crippen molar-refractivity contribution in [2.45, 2.75) is 12.6 Å². The number of hydrogen-bond donors (Lipinski definition) is 1. The number of carbonyl (C=O) groups excluding carboxylic acids is 1. The molecule has 19 heavy (non-hydrogen) atoms. The van der Waals surface area contributed by atoms with Crippen molar-refractivity contribution in [1.29, 1.82) is 0 Å². The van der Waals surface area contributed by atoms with Crippen LogP contribution < -0.4 is 10.5 Å². The van der Waals surface area contributed by atoms with Crippen molar-refractivity contribution < 1.29 is 18.9 Å². The first kappa shape index (κ1) is 13.0. The highest BCUT2D eigenvalue weighted by Gasteiger charge is 2.26. The van der Waals surface area contributed by atoms with Gasteiger partial charge in [-0.25, -0.2) is 9.42 Å². The lowest BCUT2D eigenvalue weighted by Gasteiger charge is -2.07. The maximum atomic E-state index is 11.3. The van der Waals surface area contributed by atoms with Gasteiger partial charge in [0.2, 0.25) is 0 Å². The predicted octanol–water partition coefficient (Wildman–Crippen LogP) is 0.821. The smallest absolute Gasteiger partial charge is 0.329 e. The number of hydrogen-bond acceptors (Lipinski definition) is 7. The topological polar surface area (TPSA) is 100 Å². The second-order valence-electron chi connectivity index (χ2n) is 3.73. The van der Waals surface area contributed by atoms with Crippen LogP contribution in [0.2, 0.25) is 0 Å². The van der Waals surface area contributed by atoms with Crippen LogP contribution in [0.4, 0.5) is 0 Å².